The van der Waals surface area contributed by atoms with Gasteiger partial charge in [-0.15, -0.1) is 0 Å². The summed E-state index contributed by atoms with van der Waals surface area (Å²) < 4.78 is 5.15. The van der Waals surface area contributed by atoms with Gasteiger partial charge in [-0.1, -0.05) is 26.0 Å². The summed E-state index contributed by atoms with van der Waals surface area (Å²) in [5.41, 5.74) is 1.77. The molecule has 0 spiro atoms. The number of nitrogens with one attached hydrogen (secondary N) is 1. The number of amides is 1. The van der Waals surface area contributed by atoms with Crippen molar-refractivity contribution in [3.05, 3.63) is 53.7 Å². The van der Waals surface area contributed by atoms with Gasteiger partial charge in [0.2, 0.25) is 0 Å². The van der Waals surface area contributed by atoms with Crippen LogP contribution >= 0.6 is 0 Å². The number of hydrogen-bond donors (Lipinski definition) is 1. The average molecular weight is 341 g/mol. The Labute approximate surface area is 150 Å². The molecule has 2 aromatic rings. The summed E-state index contributed by atoms with van der Waals surface area (Å²) in [6.45, 7) is 6.40. The van der Waals surface area contributed by atoms with Gasteiger partial charge in [-0.3, -0.25) is 4.79 Å². The van der Waals surface area contributed by atoms with Crippen LogP contribution in [0.4, 0.5) is 5.82 Å². The van der Waals surface area contributed by atoms with Crippen molar-refractivity contribution < 1.29 is 9.53 Å². The number of anilines is 1. The molecule has 1 aromatic heterocycles. The van der Waals surface area contributed by atoms with Crippen molar-refractivity contribution in [2.45, 2.75) is 33.2 Å². The molecule has 0 fully saturated rings. The summed E-state index contributed by atoms with van der Waals surface area (Å²) in [7, 11) is 1.65. The minimum atomic E-state index is 0.0536. The van der Waals surface area contributed by atoms with E-state index in [2.05, 4.69) is 24.1 Å². The largest absolute Gasteiger partial charge is 0.497 e. The van der Waals surface area contributed by atoms with Crippen molar-refractivity contribution in [3.63, 3.8) is 0 Å². The number of hydrogen-bond acceptors (Lipinski definition) is 4. The van der Waals surface area contributed by atoms with E-state index in [4.69, 9.17) is 4.74 Å². The Morgan fingerprint density at radius 2 is 1.76 bits per heavy atom. The molecular formula is C20H27N3O2. The maximum Gasteiger partial charge on any atom is 0.255 e. The first-order chi connectivity index (χ1) is 12.2. The van der Waals surface area contributed by atoms with Gasteiger partial charge in [0.1, 0.15) is 11.6 Å². The lowest BCUT2D eigenvalue weighted by Crippen LogP contribution is -2.32. The fourth-order valence-electron chi connectivity index (χ4n) is 2.60. The molecule has 1 N–H and O–H groups in total. The SMILES string of the molecule is CCCN(CCC)C(=O)c1ccc(NCc2ccc(OC)cc2)nc1. The zero-order chi connectivity index (χ0) is 18.1. The van der Waals surface area contributed by atoms with Crippen LogP contribution in [-0.4, -0.2) is 36.0 Å². The molecule has 1 heterocycles. The lowest BCUT2D eigenvalue weighted by molar-refractivity contribution is 0.0755. The highest BCUT2D eigenvalue weighted by molar-refractivity contribution is 5.94. The number of aromatic nitrogens is 1. The van der Waals surface area contributed by atoms with E-state index in [0.717, 1.165) is 43.1 Å². The zero-order valence-corrected chi connectivity index (χ0v) is 15.3. The van der Waals surface area contributed by atoms with E-state index in [9.17, 15) is 4.79 Å². The molecule has 1 amide bonds. The number of rotatable bonds is 9. The fraction of sp³-hybridized carbons (Fsp3) is 0.400. The van der Waals surface area contributed by atoms with Gasteiger partial charge in [-0.2, -0.15) is 0 Å². The molecule has 5 nitrogen and oxygen atoms in total. The smallest absolute Gasteiger partial charge is 0.255 e. The summed E-state index contributed by atoms with van der Waals surface area (Å²) >= 11 is 0. The molecule has 2 rings (SSSR count). The first-order valence-electron chi connectivity index (χ1n) is 8.80. The average Bonchev–Trinajstić information content (AvgIpc) is 2.66. The Morgan fingerprint density at radius 1 is 1.08 bits per heavy atom. The molecule has 25 heavy (non-hydrogen) atoms. The van der Waals surface area contributed by atoms with E-state index in [1.807, 2.05) is 41.3 Å². The first-order valence-corrected chi connectivity index (χ1v) is 8.80. The summed E-state index contributed by atoms with van der Waals surface area (Å²) in [6, 6.07) is 11.6. The molecule has 0 aliphatic rings. The Kier molecular flexibility index (Phi) is 7.26. The van der Waals surface area contributed by atoms with E-state index in [1.165, 1.54) is 0 Å². The predicted molar refractivity (Wildman–Crippen MR) is 101 cm³/mol. The lowest BCUT2D eigenvalue weighted by atomic mass is 10.2. The third-order valence-electron chi connectivity index (χ3n) is 3.92. The van der Waals surface area contributed by atoms with Crippen LogP contribution < -0.4 is 10.1 Å². The quantitative estimate of drug-likeness (QED) is 0.750. The van der Waals surface area contributed by atoms with Gasteiger partial charge in [-0.05, 0) is 42.7 Å². The molecule has 1 aromatic carbocycles. The molecule has 134 valence electrons. The van der Waals surface area contributed by atoms with Gasteiger partial charge in [0.15, 0.2) is 0 Å². The minimum absolute atomic E-state index is 0.0536. The maximum atomic E-state index is 12.5. The van der Waals surface area contributed by atoms with Crippen LogP contribution in [0.3, 0.4) is 0 Å². The molecule has 0 unspecified atom stereocenters. The van der Waals surface area contributed by atoms with Gasteiger partial charge in [-0.25, -0.2) is 4.98 Å². The topological polar surface area (TPSA) is 54.5 Å². The van der Waals surface area contributed by atoms with Crippen molar-refractivity contribution >= 4 is 11.7 Å². The molecule has 0 aliphatic carbocycles. The monoisotopic (exact) mass is 341 g/mol. The second kappa shape index (κ2) is 9.67. The van der Waals surface area contributed by atoms with Gasteiger partial charge in [0.05, 0.1) is 12.7 Å². The number of nitrogens with zero attached hydrogens (tertiary/aromatic N) is 2. The normalized spacial score (nSPS) is 10.4. The summed E-state index contributed by atoms with van der Waals surface area (Å²) in [5.74, 6) is 1.65. The van der Waals surface area contributed by atoms with Gasteiger partial charge in [0, 0.05) is 25.8 Å². The highest BCUT2D eigenvalue weighted by Crippen LogP contribution is 2.13. The molecule has 5 heteroatoms. The van der Waals surface area contributed by atoms with Crippen molar-refractivity contribution in [1.82, 2.24) is 9.88 Å². The molecule has 0 aliphatic heterocycles. The molecule has 0 atom stereocenters. The number of ether oxygens (including phenoxy) is 1. The molecule has 0 saturated carbocycles. The van der Waals surface area contributed by atoms with E-state index in [1.54, 1.807) is 13.3 Å². The van der Waals surface area contributed by atoms with Crippen molar-refractivity contribution in [2.24, 2.45) is 0 Å². The van der Waals surface area contributed by atoms with E-state index < -0.39 is 0 Å². The van der Waals surface area contributed by atoms with Gasteiger partial charge >= 0.3 is 0 Å². The zero-order valence-electron chi connectivity index (χ0n) is 15.3. The third kappa shape index (κ3) is 5.48. The van der Waals surface area contributed by atoms with Crippen LogP contribution in [0.2, 0.25) is 0 Å². The van der Waals surface area contributed by atoms with E-state index in [-0.39, 0.29) is 5.91 Å². The highest BCUT2D eigenvalue weighted by Gasteiger charge is 2.14. The number of benzene rings is 1. The summed E-state index contributed by atoms with van der Waals surface area (Å²) in [4.78, 5) is 18.8. The Balaban J connectivity index is 1.95. The minimum Gasteiger partial charge on any atom is -0.497 e. The number of carbonyl (C=O) groups is 1. The molecular weight excluding hydrogens is 314 g/mol. The van der Waals surface area contributed by atoms with Crippen LogP contribution in [0.25, 0.3) is 0 Å². The molecule has 0 radical (unpaired) electrons. The van der Waals surface area contributed by atoms with Gasteiger partial charge in [0.25, 0.3) is 5.91 Å². The highest BCUT2D eigenvalue weighted by atomic mass is 16.5. The fourth-order valence-corrected chi connectivity index (χ4v) is 2.60. The second-order valence-corrected chi connectivity index (χ2v) is 5.93. The van der Waals surface area contributed by atoms with Crippen molar-refractivity contribution in [2.75, 3.05) is 25.5 Å². The Hall–Kier alpha value is -2.56. The van der Waals surface area contributed by atoms with Crippen LogP contribution in [-0.2, 0) is 6.54 Å². The van der Waals surface area contributed by atoms with Crippen LogP contribution in [0.5, 0.6) is 5.75 Å². The van der Waals surface area contributed by atoms with Crippen LogP contribution in [0.1, 0.15) is 42.6 Å². The number of carbonyl (C=O) groups excluding carboxylic acids is 1. The van der Waals surface area contributed by atoms with E-state index >= 15 is 0 Å². The molecule has 0 bridgehead atoms. The number of methoxy groups -OCH3 is 1. The second-order valence-electron chi connectivity index (χ2n) is 5.93. The van der Waals surface area contributed by atoms with Crippen LogP contribution in [0, 0.1) is 0 Å². The summed E-state index contributed by atoms with van der Waals surface area (Å²) in [5, 5.41) is 3.27. The van der Waals surface area contributed by atoms with Crippen molar-refractivity contribution in [1.29, 1.82) is 0 Å². The lowest BCUT2D eigenvalue weighted by Gasteiger charge is -2.21. The third-order valence-corrected chi connectivity index (χ3v) is 3.92. The maximum absolute atomic E-state index is 12.5. The first kappa shape index (κ1) is 18.8. The number of pyridine rings is 1. The summed E-state index contributed by atoms with van der Waals surface area (Å²) in [6.07, 6.45) is 3.57. The standard InChI is InChI=1S/C20H27N3O2/c1-4-12-23(13-5-2)20(24)17-8-11-19(22-15-17)21-14-16-6-9-18(25-3)10-7-16/h6-11,15H,4-5,12-14H2,1-3H3,(H,21,22). The predicted octanol–water partition coefficient (Wildman–Crippen LogP) is 3.96. The van der Waals surface area contributed by atoms with Crippen LogP contribution in [0.15, 0.2) is 42.6 Å². The molecule has 0 saturated heterocycles. The Morgan fingerprint density at radius 3 is 2.28 bits per heavy atom. The van der Waals surface area contributed by atoms with Crippen molar-refractivity contribution in [3.8, 4) is 5.75 Å². The van der Waals surface area contributed by atoms with Gasteiger partial charge < -0.3 is 15.0 Å². The van der Waals surface area contributed by atoms with E-state index in [0.29, 0.717) is 12.1 Å². The Bertz CT molecular complexity index is 648.